The average Bonchev–Trinajstić information content (AvgIpc) is 1.63. The first-order valence-electron chi connectivity index (χ1n) is 2.50. The minimum atomic E-state index is -4.10. The van der Waals surface area contributed by atoms with Gasteiger partial charge in [0, 0.05) is 6.61 Å². The van der Waals surface area contributed by atoms with E-state index in [-0.39, 0.29) is 13.2 Å². The Morgan fingerprint density at radius 3 is 2.22 bits per heavy atom. The highest BCUT2D eigenvalue weighted by atomic mass is 19.4. The molecule has 0 atom stereocenters. The molecular formula is C5H8F3O. The third kappa shape index (κ3) is 7.75. The van der Waals surface area contributed by atoms with Gasteiger partial charge in [-0.3, -0.25) is 0 Å². The van der Waals surface area contributed by atoms with Gasteiger partial charge in [0.05, 0.1) is 13.0 Å². The first-order chi connectivity index (χ1) is 4.06. The van der Waals surface area contributed by atoms with Crippen LogP contribution >= 0.6 is 0 Å². The summed E-state index contributed by atoms with van der Waals surface area (Å²) >= 11 is 0. The van der Waals surface area contributed by atoms with Crippen LogP contribution < -0.4 is 0 Å². The maximum absolute atomic E-state index is 11.3. The summed E-state index contributed by atoms with van der Waals surface area (Å²) in [6.45, 7) is 3.02. The van der Waals surface area contributed by atoms with E-state index < -0.39 is 12.6 Å². The summed E-state index contributed by atoms with van der Waals surface area (Å²) in [5, 5.41) is 0. The zero-order chi connectivity index (χ0) is 7.33. The summed E-state index contributed by atoms with van der Waals surface area (Å²) in [6, 6.07) is 0. The van der Waals surface area contributed by atoms with Crippen molar-refractivity contribution < 1.29 is 17.9 Å². The smallest absolute Gasteiger partial charge is 0.381 e. The van der Waals surface area contributed by atoms with Crippen molar-refractivity contribution in [1.82, 2.24) is 0 Å². The zero-order valence-electron chi connectivity index (χ0n) is 4.87. The highest BCUT2D eigenvalue weighted by molar-refractivity contribution is 4.47. The molecule has 1 nitrogen and oxygen atoms in total. The van der Waals surface area contributed by atoms with E-state index in [1.807, 2.05) is 0 Å². The molecule has 0 aromatic rings. The third-order valence-electron chi connectivity index (χ3n) is 0.674. The Morgan fingerprint density at radius 2 is 1.89 bits per heavy atom. The summed E-state index contributed by atoms with van der Waals surface area (Å²) in [5.74, 6) is 0. The SMILES string of the molecule is [CH2]COCCC(F)(F)F. The first kappa shape index (κ1) is 8.75. The van der Waals surface area contributed by atoms with Gasteiger partial charge in [0.15, 0.2) is 0 Å². The average molecular weight is 141 g/mol. The van der Waals surface area contributed by atoms with Crippen LogP contribution in [0.3, 0.4) is 0 Å². The van der Waals surface area contributed by atoms with Crippen molar-refractivity contribution in [3.8, 4) is 0 Å². The molecule has 0 saturated carbocycles. The second kappa shape index (κ2) is 3.71. The van der Waals surface area contributed by atoms with Gasteiger partial charge in [-0.05, 0) is 6.92 Å². The summed E-state index contributed by atoms with van der Waals surface area (Å²) in [4.78, 5) is 0. The van der Waals surface area contributed by atoms with Crippen LogP contribution in [0.1, 0.15) is 6.42 Å². The van der Waals surface area contributed by atoms with E-state index in [1.54, 1.807) is 0 Å². The minimum absolute atomic E-state index is 0.0933. The van der Waals surface area contributed by atoms with E-state index in [0.717, 1.165) is 0 Å². The molecule has 0 aromatic carbocycles. The fourth-order valence-corrected chi connectivity index (χ4v) is 0.290. The van der Waals surface area contributed by atoms with Gasteiger partial charge in [0.1, 0.15) is 0 Å². The van der Waals surface area contributed by atoms with Gasteiger partial charge in [-0.25, -0.2) is 0 Å². The van der Waals surface area contributed by atoms with Crippen molar-refractivity contribution in [3.05, 3.63) is 6.92 Å². The quantitative estimate of drug-likeness (QED) is 0.544. The molecule has 0 aliphatic heterocycles. The zero-order valence-corrected chi connectivity index (χ0v) is 4.87. The second-order valence-corrected chi connectivity index (χ2v) is 1.48. The molecule has 0 unspecified atom stereocenters. The summed E-state index contributed by atoms with van der Waals surface area (Å²) < 4.78 is 38.2. The van der Waals surface area contributed by atoms with Crippen LogP contribution in [-0.4, -0.2) is 19.4 Å². The number of hydrogen-bond donors (Lipinski definition) is 0. The van der Waals surface area contributed by atoms with Gasteiger partial charge in [-0.2, -0.15) is 13.2 Å². The van der Waals surface area contributed by atoms with Crippen molar-refractivity contribution in [2.75, 3.05) is 13.2 Å². The molecule has 0 aliphatic rings. The second-order valence-electron chi connectivity index (χ2n) is 1.48. The fourth-order valence-electron chi connectivity index (χ4n) is 0.290. The van der Waals surface area contributed by atoms with Crippen LogP contribution in [0.25, 0.3) is 0 Å². The van der Waals surface area contributed by atoms with Gasteiger partial charge in [-0.1, -0.05) is 0 Å². The molecule has 0 aromatic heterocycles. The molecule has 55 valence electrons. The van der Waals surface area contributed by atoms with Crippen molar-refractivity contribution >= 4 is 0 Å². The highest BCUT2D eigenvalue weighted by Crippen LogP contribution is 2.18. The third-order valence-corrected chi connectivity index (χ3v) is 0.674. The van der Waals surface area contributed by atoms with Gasteiger partial charge in [-0.15, -0.1) is 0 Å². The predicted molar refractivity (Wildman–Crippen MR) is 26.8 cm³/mol. The number of ether oxygens (including phenoxy) is 1. The van der Waals surface area contributed by atoms with E-state index in [2.05, 4.69) is 11.7 Å². The molecule has 0 aliphatic carbocycles. The monoisotopic (exact) mass is 141 g/mol. The molecule has 0 bridgehead atoms. The number of rotatable bonds is 3. The van der Waals surface area contributed by atoms with Crippen molar-refractivity contribution in [3.63, 3.8) is 0 Å². The highest BCUT2D eigenvalue weighted by Gasteiger charge is 2.26. The van der Waals surface area contributed by atoms with Crippen molar-refractivity contribution in [2.24, 2.45) is 0 Å². The standard InChI is InChI=1S/C5H8F3O/c1-2-9-4-3-5(6,7)8/h1-4H2. The molecule has 0 rings (SSSR count). The van der Waals surface area contributed by atoms with Gasteiger partial charge >= 0.3 is 6.18 Å². The van der Waals surface area contributed by atoms with Crippen molar-refractivity contribution in [1.29, 1.82) is 0 Å². The Kier molecular flexibility index (Phi) is 3.61. The molecule has 1 radical (unpaired) electrons. The van der Waals surface area contributed by atoms with Gasteiger partial charge in [0.2, 0.25) is 0 Å². The lowest BCUT2D eigenvalue weighted by molar-refractivity contribution is -0.144. The van der Waals surface area contributed by atoms with Crippen LogP contribution in [-0.2, 0) is 4.74 Å². The van der Waals surface area contributed by atoms with Crippen LogP contribution in [0.4, 0.5) is 13.2 Å². The van der Waals surface area contributed by atoms with Gasteiger partial charge < -0.3 is 4.74 Å². The van der Waals surface area contributed by atoms with E-state index in [4.69, 9.17) is 0 Å². The maximum atomic E-state index is 11.3. The number of halogens is 3. The summed E-state index contributed by atoms with van der Waals surface area (Å²) in [6.07, 6.45) is -4.99. The van der Waals surface area contributed by atoms with Crippen LogP contribution in [0.5, 0.6) is 0 Å². The molecular weight excluding hydrogens is 133 g/mol. The summed E-state index contributed by atoms with van der Waals surface area (Å²) in [7, 11) is 0. The van der Waals surface area contributed by atoms with E-state index in [1.165, 1.54) is 0 Å². The number of hydrogen-bond acceptors (Lipinski definition) is 1. The maximum Gasteiger partial charge on any atom is 0.391 e. The lowest BCUT2D eigenvalue weighted by Gasteiger charge is -2.04. The largest absolute Gasteiger partial charge is 0.391 e. The normalized spacial score (nSPS) is 12.0. The Hall–Kier alpha value is -0.250. The predicted octanol–water partition coefficient (Wildman–Crippen LogP) is 1.79. The topological polar surface area (TPSA) is 9.23 Å². The Balaban J connectivity index is 3.07. The minimum Gasteiger partial charge on any atom is -0.381 e. The van der Waals surface area contributed by atoms with E-state index in [0.29, 0.717) is 0 Å². The molecule has 0 spiro atoms. The Morgan fingerprint density at radius 1 is 1.33 bits per heavy atom. The molecule has 9 heavy (non-hydrogen) atoms. The van der Waals surface area contributed by atoms with E-state index in [9.17, 15) is 13.2 Å². The van der Waals surface area contributed by atoms with Gasteiger partial charge in [0.25, 0.3) is 0 Å². The van der Waals surface area contributed by atoms with Crippen LogP contribution in [0.2, 0.25) is 0 Å². The van der Waals surface area contributed by atoms with Crippen molar-refractivity contribution in [2.45, 2.75) is 12.6 Å². The lowest BCUT2D eigenvalue weighted by atomic mass is 10.4. The number of alkyl halides is 3. The molecule has 0 amide bonds. The van der Waals surface area contributed by atoms with Crippen LogP contribution in [0, 0.1) is 6.92 Å². The Labute approximate surface area is 51.8 Å². The molecule has 0 heterocycles. The first-order valence-corrected chi connectivity index (χ1v) is 2.50. The van der Waals surface area contributed by atoms with Crippen LogP contribution in [0.15, 0.2) is 0 Å². The molecule has 0 saturated heterocycles. The lowest BCUT2D eigenvalue weighted by Crippen LogP contribution is -2.11. The Bertz CT molecular complexity index is 69.1. The molecule has 0 fully saturated rings. The molecule has 0 N–H and O–H groups in total. The fraction of sp³-hybridized carbons (Fsp3) is 0.800. The molecule has 4 heteroatoms. The van der Waals surface area contributed by atoms with E-state index >= 15 is 0 Å². The summed E-state index contributed by atoms with van der Waals surface area (Å²) in [5.41, 5.74) is 0.